The summed E-state index contributed by atoms with van der Waals surface area (Å²) in [6.07, 6.45) is 1.40. The van der Waals surface area contributed by atoms with Gasteiger partial charge in [-0.3, -0.25) is 9.59 Å². The van der Waals surface area contributed by atoms with E-state index in [2.05, 4.69) is 4.98 Å². The number of para-hydroxylation sites is 1. The molecule has 132 valence electrons. The molecule has 0 radical (unpaired) electrons. The van der Waals surface area contributed by atoms with Gasteiger partial charge >= 0.3 is 5.97 Å². The maximum absolute atomic E-state index is 13.3. The molecule has 0 spiro atoms. The van der Waals surface area contributed by atoms with Gasteiger partial charge in [-0.15, -0.1) is 0 Å². The monoisotopic (exact) mass is 351 g/mol. The molecule has 1 aliphatic rings. The van der Waals surface area contributed by atoms with Crippen molar-refractivity contribution in [1.29, 1.82) is 0 Å². The number of rotatable bonds is 5. The van der Waals surface area contributed by atoms with Gasteiger partial charge in [-0.25, -0.2) is 4.39 Å². The molecule has 0 aliphatic heterocycles. The highest BCUT2D eigenvalue weighted by molar-refractivity contribution is 6.10. The molecule has 1 saturated carbocycles. The number of halogens is 1. The lowest BCUT2D eigenvalue weighted by atomic mass is 10.1. The first-order valence-corrected chi connectivity index (χ1v) is 8.61. The molecule has 2 aromatic carbocycles. The minimum Gasteiger partial charge on any atom is -0.454 e. The van der Waals surface area contributed by atoms with Crippen LogP contribution in [0.2, 0.25) is 0 Å². The summed E-state index contributed by atoms with van der Waals surface area (Å²) in [7, 11) is 0. The third-order valence-electron chi connectivity index (χ3n) is 4.89. The second-order valence-corrected chi connectivity index (χ2v) is 6.69. The van der Waals surface area contributed by atoms with Crippen LogP contribution in [-0.2, 0) is 9.53 Å². The molecule has 1 heterocycles. The number of esters is 1. The van der Waals surface area contributed by atoms with E-state index >= 15 is 0 Å². The molecule has 1 N–H and O–H groups in total. The molecule has 3 aromatic rings. The summed E-state index contributed by atoms with van der Waals surface area (Å²) in [5.74, 6) is -1.30. The van der Waals surface area contributed by atoms with E-state index in [0.29, 0.717) is 12.0 Å². The Labute approximate surface area is 150 Å². The number of hydrogen-bond acceptors (Lipinski definition) is 3. The molecule has 0 amide bonds. The van der Waals surface area contributed by atoms with E-state index in [9.17, 15) is 14.0 Å². The average molecular weight is 351 g/mol. The van der Waals surface area contributed by atoms with Crippen molar-refractivity contribution in [2.24, 2.45) is 5.92 Å². The summed E-state index contributed by atoms with van der Waals surface area (Å²) >= 11 is 0. The first-order chi connectivity index (χ1) is 12.5. The van der Waals surface area contributed by atoms with Crippen molar-refractivity contribution in [3.63, 3.8) is 0 Å². The van der Waals surface area contributed by atoms with Gasteiger partial charge < -0.3 is 9.72 Å². The SMILES string of the molecule is C[C@H](OC(=O)[C@@H]1C[C@H]1c1cccc(F)c1)C(=O)c1c[nH]c2ccccc12. The first kappa shape index (κ1) is 16.5. The molecule has 5 heteroatoms. The highest BCUT2D eigenvalue weighted by Gasteiger charge is 2.46. The van der Waals surface area contributed by atoms with E-state index in [1.807, 2.05) is 30.3 Å². The van der Waals surface area contributed by atoms with E-state index in [0.717, 1.165) is 16.5 Å². The number of carbonyl (C=O) groups is 2. The Morgan fingerprint density at radius 3 is 2.81 bits per heavy atom. The van der Waals surface area contributed by atoms with Crippen LogP contribution in [0.15, 0.2) is 54.7 Å². The molecule has 0 unspecified atom stereocenters. The van der Waals surface area contributed by atoms with Crippen LogP contribution in [0.5, 0.6) is 0 Å². The van der Waals surface area contributed by atoms with Crippen LogP contribution in [0.25, 0.3) is 10.9 Å². The number of ether oxygens (including phenoxy) is 1. The normalized spacial score (nSPS) is 19.9. The van der Waals surface area contributed by atoms with Crippen LogP contribution in [0.3, 0.4) is 0 Å². The van der Waals surface area contributed by atoms with Crippen molar-refractivity contribution in [3.8, 4) is 0 Å². The summed E-state index contributed by atoms with van der Waals surface area (Å²) in [4.78, 5) is 28.0. The number of aromatic amines is 1. The molecule has 3 atom stereocenters. The fourth-order valence-electron chi connectivity index (χ4n) is 3.37. The van der Waals surface area contributed by atoms with Gasteiger partial charge in [0.25, 0.3) is 0 Å². The predicted molar refractivity (Wildman–Crippen MR) is 95.4 cm³/mol. The largest absolute Gasteiger partial charge is 0.454 e. The Morgan fingerprint density at radius 2 is 2.00 bits per heavy atom. The predicted octanol–water partition coefficient (Wildman–Crippen LogP) is 4.23. The second-order valence-electron chi connectivity index (χ2n) is 6.69. The zero-order chi connectivity index (χ0) is 18.3. The molecule has 1 aromatic heterocycles. The lowest BCUT2D eigenvalue weighted by Gasteiger charge is -2.12. The number of nitrogens with one attached hydrogen (secondary N) is 1. The van der Waals surface area contributed by atoms with Gasteiger partial charge in [0.2, 0.25) is 5.78 Å². The van der Waals surface area contributed by atoms with Crippen LogP contribution >= 0.6 is 0 Å². The van der Waals surface area contributed by atoms with Crippen molar-refractivity contribution in [1.82, 2.24) is 4.98 Å². The Balaban J connectivity index is 1.43. The Bertz CT molecular complexity index is 994. The van der Waals surface area contributed by atoms with Gasteiger partial charge in [0.05, 0.1) is 5.92 Å². The van der Waals surface area contributed by atoms with Crippen molar-refractivity contribution in [2.45, 2.75) is 25.4 Å². The first-order valence-electron chi connectivity index (χ1n) is 8.61. The lowest BCUT2D eigenvalue weighted by molar-refractivity contribution is -0.148. The highest BCUT2D eigenvalue weighted by Crippen LogP contribution is 2.48. The van der Waals surface area contributed by atoms with Gasteiger partial charge in [-0.05, 0) is 43.0 Å². The second kappa shape index (κ2) is 6.41. The molecule has 0 saturated heterocycles. The molecule has 1 fully saturated rings. The van der Waals surface area contributed by atoms with E-state index in [-0.39, 0.29) is 23.4 Å². The number of hydrogen-bond donors (Lipinski definition) is 1. The lowest BCUT2D eigenvalue weighted by Crippen LogP contribution is -2.25. The van der Waals surface area contributed by atoms with Crippen LogP contribution < -0.4 is 0 Å². The van der Waals surface area contributed by atoms with E-state index in [4.69, 9.17) is 4.74 Å². The summed E-state index contributed by atoms with van der Waals surface area (Å²) in [5.41, 5.74) is 2.17. The standard InChI is InChI=1S/C21H18FNO3/c1-12(20(24)18-11-23-19-8-3-2-7-15(18)19)26-21(25)17-10-16(17)13-5-4-6-14(22)9-13/h2-9,11-12,16-17,23H,10H2,1H3/t12-,16-,17+/m0/s1. The van der Waals surface area contributed by atoms with Crippen LogP contribution in [0.1, 0.15) is 35.2 Å². The van der Waals surface area contributed by atoms with Gasteiger partial charge in [-0.2, -0.15) is 0 Å². The fourth-order valence-corrected chi connectivity index (χ4v) is 3.37. The number of carbonyl (C=O) groups excluding carboxylic acids is 2. The number of aromatic nitrogens is 1. The van der Waals surface area contributed by atoms with Gasteiger partial charge in [0, 0.05) is 22.7 Å². The average Bonchev–Trinajstić information content (AvgIpc) is 3.33. The van der Waals surface area contributed by atoms with Crippen LogP contribution in [-0.4, -0.2) is 22.8 Å². The maximum Gasteiger partial charge on any atom is 0.310 e. The van der Waals surface area contributed by atoms with Crippen molar-refractivity contribution >= 4 is 22.7 Å². The Kier molecular flexibility index (Phi) is 4.07. The van der Waals surface area contributed by atoms with E-state index in [1.165, 1.54) is 12.1 Å². The zero-order valence-corrected chi connectivity index (χ0v) is 14.2. The number of benzene rings is 2. The van der Waals surface area contributed by atoms with E-state index < -0.39 is 12.1 Å². The van der Waals surface area contributed by atoms with Gasteiger partial charge in [-0.1, -0.05) is 30.3 Å². The van der Waals surface area contributed by atoms with Crippen molar-refractivity contribution in [2.75, 3.05) is 0 Å². The number of H-pyrrole nitrogens is 1. The van der Waals surface area contributed by atoms with E-state index in [1.54, 1.807) is 19.2 Å². The fraction of sp³-hybridized carbons (Fsp3) is 0.238. The highest BCUT2D eigenvalue weighted by atomic mass is 19.1. The summed E-state index contributed by atoms with van der Waals surface area (Å²) < 4.78 is 18.7. The van der Waals surface area contributed by atoms with Gasteiger partial charge in [0.15, 0.2) is 6.10 Å². The third kappa shape index (κ3) is 3.01. The number of Topliss-reactive ketones (excluding diaryl/α,β-unsaturated/α-hetero) is 1. The summed E-state index contributed by atoms with van der Waals surface area (Å²) in [5, 5.41) is 0.810. The Morgan fingerprint density at radius 1 is 1.19 bits per heavy atom. The zero-order valence-electron chi connectivity index (χ0n) is 14.2. The van der Waals surface area contributed by atoms with Gasteiger partial charge in [0.1, 0.15) is 5.82 Å². The number of ketones is 1. The molecule has 4 rings (SSSR count). The molecule has 1 aliphatic carbocycles. The minimum absolute atomic E-state index is 0.0337. The van der Waals surface area contributed by atoms with Crippen LogP contribution in [0, 0.1) is 11.7 Å². The quantitative estimate of drug-likeness (QED) is 0.553. The smallest absolute Gasteiger partial charge is 0.310 e. The maximum atomic E-state index is 13.3. The van der Waals surface area contributed by atoms with Crippen molar-refractivity contribution < 1.29 is 18.7 Å². The molecular weight excluding hydrogens is 333 g/mol. The number of fused-ring (bicyclic) bond motifs is 1. The summed E-state index contributed by atoms with van der Waals surface area (Å²) in [6, 6.07) is 13.7. The van der Waals surface area contributed by atoms with Crippen LogP contribution in [0.4, 0.5) is 4.39 Å². The molecule has 26 heavy (non-hydrogen) atoms. The molecule has 4 nitrogen and oxygen atoms in total. The topological polar surface area (TPSA) is 59.2 Å². The minimum atomic E-state index is -0.865. The van der Waals surface area contributed by atoms with Crippen molar-refractivity contribution in [3.05, 3.63) is 71.7 Å². The molecule has 0 bridgehead atoms. The molecular formula is C21H18FNO3. The summed E-state index contributed by atoms with van der Waals surface area (Å²) in [6.45, 7) is 1.58. The third-order valence-corrected chi connectivity index (χ3v) is 4.89. The Hall–Kier alpha value is -2.95.